The fourth-order valence-corrected chi connectivity index (χ4v) is 8.52. The van der Waals surface area contributed by atoms with Crippen molar-refractivity contribution >= 4 is 43.1 Å². The molecule has 0 bridgehead atoms. The number of hydrogen-bond acceptors (Lipinski definition) is 0. The summed E-state index contributed by atoms with van der Waals surface area (Å²) in [6, 6.07) is 67.6. The van der Waals surface area contributed by atoms with Crippen molar-refractivity contribution in [1.82, 2.24) is 0 Å². The Morgan fingerprint density at radius 3 is 1.43 bits per heavy atom. The van der Waals surface area contributed by atoms with Crippen LogP contribution >= 0.6 is 0 Å². The number of hydrogen-bond donors (Lipinski definition) is 0. The molecule has 0 heteroatoms. The average molecular weight is 595 g/mol. The van der Waals surface area contributed by atoms with Crippen LogP contribution < -0.4 is 0 Å². The van der Waals surface area contributed by atoms with Crippen LogP contribution in [0.15, 0.2) is 182 Å². The van der Waals surface area contributed by atoms with Gasteiger partial charge in [-0.1, -0.05) is 170 Å². The smallest absolute Gasteiger partial charge is 0.0622 e. The third-order valence-corrected chi connectivity index (χ3v) is 10.5. The molecule has 0 saturated carbocycles. The maximum absolute atomic E-state index is 2.48. The van der Waals surface area contributed by atoms with E-state index >= 15 is 0 Å². The van der Waals surface area contributed by atoms with E-state index in [-0.39, 0.29) is 0 Å². The van der Waals surface area contributed by atoms with Crippen LogP contribution in [0.3, 0.4) is 0 Å². The molecular weight excluding hydrogens is 565 g/mol. The summed E-state index contributed by atoms with van der Waals surface area (Å²) in [4.78, 5) is 0. The van der Waals surface area contributed by atoms with E-state index in [1.54, 1.807) is 0 Å². The quantitative estimate of drug-likeness (QED) is 0.179. The summed E-state index contributed by atoms with van der Waals surface area (Å²) in [5, 5.41) is 10.4. The van der Waals surface area contributed by atoms with E-state index in [1.165, 1.54) is 87.6 Å². The molecule has 9 aromatic rings. The van der Waals surface area contributed by atoms with Crippen molar-refractivity contribution in [3.63, 3.8) is 0 Å². The highest BCUT2D eigenvalue weighted by atomic mass is 14.5. The Morgan fingerprint density at radius 2 is 0.787 bits per heavy atom. The molecule has 0 spiro atoms. The number of benzene rings is 9. The van der Waals surface area contributed by atoms with Crippen LogP contribution in [0.1, 0.15) is 22.3 Å². The van der Waals surface area contributed by atoms with Gasteiger partial charge in [0.25, 0.3) is 0 Å². The fourth-order valence-electron chi connectivity index (χ4n) is 8.52. The minimum Gasteiger partial charge on any atom is -0.0622 e. The summed E-state index contributed by atoms with van der Waals surface area (Å²) in [6.07, 6.45) is 0. The molecule has 0 amide bonds. The van der Waals surface area contributed by atoms with E-state index in [1.807, 2.05) is 0 Å². The van der Waals surface area contributed by atoms with Gasteiger partial charge in [0, 0.05) is 0 Å². The minimum atomic E-state index is -0.451. The van der Waals surface area contributed by atoms with Crippen LogP contribution in [0.2, 0.25) is 0 Å². The summed E-state index contributed by atoms with van der Waals surface area (Å²) < 4.78 is 0. The molecule has 47 heavy (non-hydrogen) atoms. The standard InChI is InChI=1S/C47H30/c1-3-14-34(15-4-1)47(35-16-5-2-6-17-35)44-28-25-31-13-7-8-18-36(31)46(44)42-27-24-33(30-45(42)47)32-23-26-41-39-21-10-9-19-37(39)38-20-11-12-22-40(38)43(41)29-32/h1-30H. The molecule has 0 radical (unpaired) electrons. The molecule has 0 saturated heterocycles. The van der Waals surface area contributed by atoms with Crippen molar-refractivity contribution in [3.05, 3.63) is 204 Å². The summed E-state index contributed by atoms with van der Waals surface area (Å²) >= 11 is 0. The summed E-state index contributed by atoms with van der Waals surface area (Å²) in [5.74, 6) is 0. The Labute approximate surface area is 274 Å². The summed E-state index contributed by atoms with van der Waals surface area (Å²) in [7, 11) is 0. The second-order valence-electron chi connectivity index (χ2n) is 12.8. The van der Waals surface area contributed by atoms with Crippen molar-refractivity contribution in [2.24, 2.45) is 0 Å². The Balaban J connectivity index is 1.30. The highest BCUT2D eigenvalue weighted by molar-refractivity contribution is 6.25. The van der Waals surface area contributed by atoms with Gasteiger partial charge in [0.1, 0.15) is 0 Å². The maximum atomic E-state index is 2.48. The fraction of sp³-hybridized carbons (Fsp3) is 0.0213. The van der Waals surface area contributed by atoms with Crippen LogP contribution in [0.4, 0.5) is 0 Å². The summed E-state index contributed by atoms with van der Waals surface area (Å²) in [6.45, 7) is 0. The van der Waals surface area contributed by atoms with Gasteiger partial charge in [0.05, 0.1) is 5.41 Å². The van der Waals surface area contributed by atoms with Gasteiger partial charge in [-0.25, -0.2) is 0 Å². The molecule has 0 unspecified atom stereocenters. The normalized spacial score (nSPS) is 13.3. The molecule has 0 nitrogen and oxygen atoms in total. The van der Waals surface area contributed by atoms with E-state index in [0.717, 1.165) is 0 Å². The Hall–Kier alpha value is -5.98. The first-order valence-corrected chi connectivity index (χ1v) is 16.4. The molecule has 10 rings (SSSR count). The van der Waals surface area contributed by atoms with E-state index < -0.39 is 5.41 Å². The third kappa shape index (κ3) is 3.64. The van der Waals surface area contributed by atoms with Gasteiger partial charge in [0.15, 0.2) is 0 Å². The van der Waals surface area contributed by atoms with Gasteiger partial charge in [-0.2, -0.15) is 0 Å². The van der Waals surface area contributed by atoms with Gasteiger partial charge >= 0.3 is 0 Å². The lowest BCUT2D eigenvalue weighted by molar-refractivity contribution is 0.769. The first-order chi connectivity index (χ1) is 23.3. The van der Waals surface area contributed by atoms with Crippen LogP contribution in [0.5, 0.6) is 0 Å². The molecule has 0 atom stereocenters. The van der Waals surface area contributed by atoms with Gasteiger partial charge < -0.3 is 0 Å². The van der Waals surface area contributed by atoms with Crippen LogP contribution in [-0.4, -0.2) is 0 Å². The predicted octanol–water partition coefficient (Wildman–Crippen LogP) is 12.3. The van der Waals surface area contributed by atoms with Crippen LogP contribution in [0.25, 0.3) is 65.3 Å². The molecule has 0 aromatic heterocycles. The molecule has 9 aromatic carbocycles. The SMILES string of the molecule is c1ccc(C2(c3ccccc3)c3cc(-c4ccc5c6ccccc6c6ccccc6c5c4)ccc3-c3c2ccc2ccccc32)cc1. The zero-order valence-corrected chi connectivity index (χ0v) is 25.8. The molecule has 0 heterocycles. The van der Waals surface area contributed by atoms with E-state index in [9.17, 15) is 0 Å². The van der Waals surface area contributed by atoms with E-state index in [0.29, 0.717) is 0 Å². The van der Waals surface area contributed by atoms with Gasteiger partial charge in [-0.15, -0.1) is 0 Å². The molecule has 1 aliphatic carbocycles. The lowest BCUT2D eigenvalue weighted by atomic mass is 9.67. The minimum absolute atomic E-state index is 0.451. The molecule has 218 valence electrons. The lowest BCUT2D eigenvalue weighted by Gasteiger charge is -2.34. The molecule has 0 aliphatic heterocycles. The van der Waals surface area contributed by atoms with Crippen LogP contribution in [0, 0.1) is 0 Å². The largest absolute Gasteiger partial charge is 0.0714 e. The second-order valence-corrected chi connectivity index (χ2v) is 12.8. The van der Waals surface area contributed by atoms with Gasteiger partial charge in [0.2, 0.25) is 0 Å². The number of fused-ring (bicyclic) bond motifs is 11. The Kier molecular flexibility index (Phi) is 5.59. The van der Waals surface area contributed by atoms with Crippen molar-refractivity contribution in [1.29, 1.82) is 0 Å². The molecule has 0 fully saturated rings. The first-order valence-electron chi connectivity index (χ1n) is 16.4. The van der Waals surface area contributed by atoms with E-state index in [4.69, 9.17) is 0 Å². The molecule has 1 aliphatic rings. The molecular formula is C47H30. The highest BCUT2D eigenvalue weighted by Gasteiger charge is 2.46. The average Bonchev–Trinajstić information content (AvgIpc) is 3.46. The number of rotatable bonds is 3. The Morgan fingerprint density at radius 1 is 0.298 bits per heavy atom. The van der Waals surface area contributed by atoms with Crippen molar-refractivity contribution in [2.45, 2.75) is 5.41 Å². The Bertz CT molecular complexity index is 2590. The highest BCUT2D eigenvalue weighted by Crippen LogP contribution is 2.58. The summed E-state index contributed by atoms with van der Waals surface area (Å²) in [5.41, 5.74) is 9.92. The first kappa shape index (κ1) is 26.3. The van der Waals surface area contributed by atoms with E-state index in [2.05, 4.69) is 182 Å². The second kappa shape index (κ2) is 10.0. The monoisotopic (exact) mass is 594 g/mol. The zero-order valence-electron chi connectivity index (χ0n) is 25.8. The lowest BCUT2D eigenvalue weighted by Crippen LogP contribution is -2.28. The third-order valence-electron chi connectivity index (χ3n) is 10.5. The topological polar surface area (TPSA) is 0 Å². The van der Waals surface area contributed by atoms with Crippen molar-refractivity contribution < 1.29 is 0 Å². The van der Waals surface area contributed by atoms with Gasteiger partial charge in [-0.3, -0.25) is 0 Å². The van der Waals surface area contributed by atoms with Crippen molar-refractivity contribution in [2.75, 3.05) is 0 Å². The van der Waals surface area contributed by atoms with Gasteiger partial charge in [-0.05, 0) is 99.7 Å². The predicted molar refractivity (Wildman–Crippen MR) is 199 cm³/mol. The molecule has 0 N–H and O–H groups in total. The van der Waals surface area contributed by atoms with Crippen molar-refractivity contribution in [3.8, 4) is 22.3 Å². The van der Waals surface area contributed by atoms with Crippen LogP contribution in [-0.2, 0) is 5.41 Å². The zero-order chi connectivity index (χ0) is 31.0. The maximum Gasteiger partial charge on any atom is 0.0714 e.